The molecule has 33 heavy (non-hydrogen) atoms. The Hall–Kier alpha value is -3.84. The molecule has 6 aromatic rings. The van der Waals surface area contributed by atoms with Gasteiger partial charge in [-0.3, -0.25) is 0 Å². The minimum Gasteiger partial charge on any atom is -0.192 e. The molecule has 0 bridgehead atoms. The van der Waals surface area contributed by atoms with Crippen molar-refractivity contribution in [3.8, 4) is 0 Å². The summed E-state index contributed by atoms with van der Waals surface area (Å²) in [4.78, 5) is 0. The first-order chi connectivity index (χ1) is 16.3. The molecular weight excluding hydrogens is 395 g/mol. The molecule has 0 unspecified atom stereocenters. The molecule has 6 rings (SSSR count). The standard InChI is InChI=1S/C32H26B/c1-2-33(30-21-9-15-24-12-3-6-18-27(24)30,31-22-10-16-25-13-4-7-19-28(25)31)32-23-11-17-26-14-5-8-20-29(26)32/h3-23H,2H2,1H3/q-1. The third-order valence-corrected chi connectivity index (χ3v) is 7.68. The zero-order valence-corrected chi connectivity index (χ0v) is 18.9. The van der Waals surface area contributed by atoms with E-state index in [4.69, 9.17) is 0 Å². The Kier molecular flexibility index (Phi) is 4.77. The molecule has 0 saturated carbocycles. The van der Waals surface area contributed by atoms with Crippen LogP contribution in [0.3, 0.4) is 0 Å². The largest absolute Gasteiger partial charge is 0.192 e. The highest BCUT2D eigenvalue weighted by atomic mass is 14.1. The van der Waals surface area contributed by atoms with Crippen molar-refractivity contribution in [1.82, 2.24) is 0 Å². The van der Waals surface area contributed by atoms with Crippen molar-refractivity contribution in [2.24, 2.45) is 0 Å². The molecule has 1 heteroatoms. The third kappa shape index (κ3) is 3.00. The molecule has 0 aliphatic carbocycles. The maximum atomic E-state index is 2.37. The lowest BCUT2D eigenvalue weighted by molar-refractivity contribution is 1.41. The summed E-state index contributed by atoms with van der Waals surface area (Å²) in [5.74, 6) is 0. The fraction of sp³-hybridized carbons (Fsp3) is 0.0625. The Morgan fingerprint density at radius 3 is 1.03 bits per heavy atom. The second-order valence-electron chi connectivity index (χ2n) is 9.16. The van der Waals surface area contributed by atoms with Crippen LogP contribution in [0.5, 0.6) is 0 Å². The van der Waals surface area contributed by atoms with E-state index >= 15 is 0 Å². The van der Waals surface area contributed by atoms with Crippen molar-refractivity contribution in [1.29, 1.82) is 0 Å². The SMILES string of the molecule is CC[B-](c1cccc2ccccc12)(c1cccc2ccccc12)c1cccc2ccccc12. The predicted molar refractivity (Wildman–Crippen MR) is 147 cm³/mol. The molecule has 0 saturated heterocycles. The van der Waals surface area contributed by atoms with E-state index in [9.17, 15) is 0 Å². The number of hydrogen-bond donors (Lipinski definition) is 0. The zero-order chi connectivity index (χ0) is 22.3. The quantitative estimate of drug-likeness (QED) is 0.280. The Morgan fingerprint density at radius 1 is 0.394 bits per heavy atom. The van der Waals surface area contributed by atoms with Crippen LogP contribution in [0.15, 0.2) is 127 Å². The molecule has 0 aliphatic rings. The van der Waals surface area contributed by atoms with E-state index in [2.05, 4.69) is 134 Å². The minimum absolute atomic E-state index is 1.02. The van der Waals surface area contributed by atoms with Crippen LogP contribution in [0.2, 0.25) is 6.32 Å². The Balaban J connectivity index is 1.84. The lowest BCUT2D eigenvalue weighted by Gasteiger charge is -2.44. The van der Waals surface area contributed by atoms with E-state index in [1.807, 2.05) is 0 Å². The van der Waals surface area contributed by atoms with Crippen LogP contribution in [0.25, 0.3) is 32.3 Å². The highest BCUT2D eigenvalue weighted by Gasteiger charge is 2.31. The normalized spacial score (nSPS) is 11.9. The molecule has 0 nitrogen and oxygen atoms in total. The summed E-state index contributed by atoms with van der Waals surface area (Å²) in [6.45, 7) is 2.37. The van der Waals surface area contributed by atoms with Gasteiger partial charge in [0.2, 0.25) is 0 Å². The lowest BCUT2D eigenvalue weighted by atomic mass is 9.13. The summed E-state index contributed by atoms with van der Waals surface area (Å²) in [7, 11) is 0. The average molecular weight is 421 g/mol. The maximum absolute atomic E-state index is 2.37. The second kappa shape index (κ2) is 7.94. The van der Waals surface area contributed by atoms with E-state index in [1.54, 1.807) is 0 Å². The van der Waals surface area contributed by atoms with Crippen LogP contribution in [0.1, 0.15) is 6.92 Å². The fourth-order valence-electron chi connectivity index (χ4n) is 6.20. The Bertz CT molecular complexity index is 1400. The second-order valence-corrected chi connectivity index (χ2v) is 9.16. The van der Waals surface area contributed by atoms with Crippen molar-refractivity contribution < 1.29 is 0 Å². The molecule has 0 heterocycles. The van der Waals surface area contributed by atoms with Gasteiger partial charge in [0, 0.05) is 0 Å². The number of fused-ring (bicyclic) bond motifs is 3. The average Bonchev–Trinajstić information content (AvgIpc) is 2.90. The van der Waals surface area contributed by atoms with Gasteiger partial charge in [-0.15, -0.1) is 0 Å². The highest BCUT2D eigenvalue weighted by Crippen LogP contribution is 2.25. The molecule has 0 aromatic heterocycles. The topological polar surface area (TPSA) is 0 Å². The third-order valence-electron chi connectivity index (χ3n) is 7.68. The van der Waals surface area contributed by atoms with E-state index in [-0.39, 0.29) is 0 Å². The molecule has 0 fully saturated rings. The summed E-state index contributed by atoms with van der Waals surface area (Å²) < 4.78 is 0. The first kappa shape index (κ1) is 19.8. The molecule has 6 aromatic carbocycles. The maximum Gasteiger partial charge on any atom is 0.0835 e. The van der Waals surface area contributed by atoms with Crippen LogP contribution in [0, 0.1) is 0 Å². The van der Waals surface area contributed by atoms with Gasteiger partial charge in [-0.2, -0.15) is 22.7 Å². The van der Waals surface area contributed by atoms with Crippen molar-refractivity contribution in [3.05, 3.63) is 127 Å². The van der Waals surface area contributed by atoms with E-state index in [0.29, 0.717) is 0 Å². The van der Waals surface area contributed by atoms with Crippen LogP contribution in [0.4, 0.5) is 0 Å². The highest BCUT2D eigenvalue weighted by molar-refractivity contribution is 7.14. The van der Waals surface area contributed by atoms with Gasteiger partial charge in [-0.25, -0.2) is 0 Å². The van der Waals surface area contributed by atoms with Gasteiger partial charge < -0.3 is 0 Å². The van der Waals surface area contributed by atoms with Gasteiger partial charge in [0.1, 0.15) is 0 Å². The molecule has 158 valence electrons. The van der Waals surface area contributed by atoms with E-state index < -0.39 is 6.15 Å². The van der Waals surface area contributed by atoms with Gasteiger partial charge >= 0.3 is 0 Å². The van der Waals surface area contributed by atoms with Crippen LogP contribution >= 0.6 is 0 Å². The van der Waals surface area contributed by atoms with Gasteiger partial charge in [-0.05, 0) is 16.2 Å². The Labute approximate surface area is 195 Å². The van der Waals surface area contributed by atoms with Crippen molar-refractivity contribution in [3.63, 3.8) is 0 Å². The molecule has 0 atom stereocenters. The number of hydrogen-bond acceptors (Lipinski definition) is 0. The summed E-state index contributed by atoms with van der Waals surface area (Å²) in [6, 6.07) is 47.1. The summed E-state index contributed by atoms with van der Waals surface area (Å²) in [6.07, 6.45) is -0.211. The first-order valence-electron chi connectivity index (χ1n) is 11.9. The summed E-state index contributed by atoms with van der Waals surface area (Å²) >= 11 is 0. The Morgan fingerprint density at radius 2 is 0.697 bits per heavy atom. The first-order valence-corrected chi connectivity index (χ1v) is 11.9. The molecule has 0 radical (unpaired) electrons. The lowest BCUT2D eigenvalue weighted by Crippen LogP contribution is -2.67. The van der Waals surface area contributed by atoms with Gasteiger partial charge in [0.05, 0.1) is 6.15 Å². The van der Waals surface area contributed by atoms with Crippen molar-refractivity contribution in [2.45, 2.75) is 13.2 Å². The van der Waals surface area contributed by atoms with Gasteiger partial charge in [0.25, 0.3) is 0 Å². The predicted octanol–water partition coefficient (Wildman–Crippen LogP) is 6.64. The van der Waals surface area contributed by atoms with Crippen molar-refractivity contribution >= 4 is 54.9 Å². The van der Waals surface area contributed by atoms with Crippen LogP contribution in [-0.4, -0.2) is 6.15 Å². The number of rotatable bonds is 4. The van der Waals surface area contributed by atoms with Crippen LogP contribution < -0.4 is 16.4 Å². The molecule has 0 N–H and O–H groups in total. The van der Waals surface area contributed by atoms with Crippen LogP contribution in [-0.2, 0) is 0 Å². The summed E-state index contributed by atoms with van der Waals surface area (Å²) in [5.41, 5.74) is 4.30. The fourth-order valence-corrected chi connectivity index (χ4v) is 6.20. The monoisotopic (exact) mass is 421 g/mol. The summed E-state index contributed by atoms with van der Waals surface area (Å²) in [5, 5.41) is 7.95. The van der Waals surface area contributed by atoms with Gasteiger partial charge in [0.15, 0.2) is 0 Å². The van der Waals surface area contributed by atoms with E-state index in [1.165, 1.54) is 48.7 Å². The van der Waals surface area contributed by atoms with Gasteiger partial charge in [-0.1, -0.05) is 150 Å². The molecule has 0 aliphatic heterocycles. The molecule has 0 amide bonds. The number of benzene rings is 6. The molecular formula is C32H26B-. The van der Waals surface area contributed by atoms with E-state index in [0.717, 1.165) is 6.32 Å². The van der Waals surface area contributed by atoms with Crippen molar-refractivity contribution in [2.75, 3.05) is 0 Å². The molecule has 0 spiro atoms. The minimum atomic E-state index is -1.24. The smallest absolute Gasteiger partial charge is 0.0835 e. The zero-order valence-electron chi connectivity index (χ0n) is 18.9.